The second kappa shape index (κ2) is 6.27. The highest BCUT2D eigenvalue weighted by Crippen LogP contribution is 2.23. The second-order valence-electron chi connectivity index (χ2n) is 6.02. The van der Waals surface area contributed by atoms with Crippen molar-refractivity contribution in [1.29, 1.82) is 0 Å². The van der Waals surface area contributed by atoms with Crippen LogP contribution in [0.5, 0.6) is 0 Å². The van der Waals surface area contributed by atoms with Crippen LogP contribution in [0.3, 0.4) is 0 Å². The molecule has 3 N–H and O–H groups in total. The van der Waals surface area contributed by atoms with Crippen molar-refractivity contribution in [3.05, 3.63) is 23.8 Å². The van der Waals surface area contributed by atoms with Crippen molar-refractivity contribution in [2.75, 3.05) is 24.1 Å². The highest BCUT2D eigenvalue weighted by molar-refractivity contribution is 5.93. The number of nitrogens with two attached hydrogens (primary N) is 1. The second-order valence-corrected chi connectivity index (χ2v) is 6.02. The van der Waals surface area contributed by atoms with Gasteiger partial charge in [0.25, 0.3) is 0 Å². The van der Waals surface area contributed by atoms with Crippen molar-refractivity contribution in [3.8, 4) is 0 Å². The first-order chi connectivity index (χ1) is 9.47. The van der Waals surface area contributed by atoms with E-state index in [2.05, 4.69) is 24.1 Å². The van der Waals surface area contributed by atoms with Gasteiger partial charge in [-0.3, -0.25) is 9.69 Å². The van der Waals surface area contributed by atoms with Gasteiger partial charge in [0.05, 0.1) is 6.54 Å². The number of piperidine rings is 1. The van der Waals surface area contributed by atoms with E-state index in [-0.39, 0.29) is 5.91 Å². The molecule has 1 saturated heterocycles. The standard InChI is InChI=1S/C16H25N3O/c1-11-7-8-19(12(2)9-11)10-16(20)18-15-6-4-5-14(17)13(15)3/h4-6,11-12H,7-10,17H2,1-3H3,(H,18,20). The lowest BCUT2D eigenvalue weighted by atomic mass is 9.93. The Kier molecular flexibility index (Phi) is 4.65. The third kappa shape index (κ3) is 3.51. The summed E-state index contributed by atoms with van der Waals surface area (Å²) in [5, 5.41) is 2.97. The highest BCUT2D eigenvalue weighted by Gasteiger charge is 2.24. The fourth-order valence-electron chi connectivity index (χ4n) is 2.85. The summed E-state index contributed by atoms with van der Waals surface area (Å²) in [6.07, 6.45) is 2.35. The Morgan fingerprint density at radius 3 is 2.90 bits per heavy atom. The van der Waals surface area contributed by atoms with Crippen LogP contribution in [0, 0.1) is 12.8 Å². The number of likely N-dealkylation sites (tertiary alicyclic amines) is 1. The Labute approximate surface area is 121 Å². The average Bonchev–Trinajstić information content (AvgIpc) is 2.38. The van der Waals surface area contributed by atoms with Gasteiger partial charge in [-0.1, -0.05) is 13.0 Å². The quantitative estimate of drug-likeness (QED) is 0.834. The third-order valence-corrected chi connectivity index (χ3v) is 4.27. The lowest BCUT2D eigenvalue weighted by Gasteiger charge is -2.35. The molecule has 110 valence electrons. The van der Waals surface area contributed by atoms with Gasteiger partial charge in [0.1, 0.15) is 0 Å². The first-order valence-corrected chi connectivity index (χ1v) is 7.36. The van der Waals surface area contributed by atoms with Crippen molar-refractivity contribution in [1.82, 2.24) is 4.90 Å². The van der Waals surface area contributed by atoms with Crippen molar-refractivity contribution < 1.29 is 4.79 Å². The van der Waals surface area contributed by atoms with Gasteiger partial charge in [-0.25, -0.2) is 0 Å². The Morgan fingerprint density at radius 2 is 2.20 bits per heavy atom. The summed E-state index contributed by atoms with van der Waals surface area (Å²) in [5.74, 6) is 0.806. The van der Waals surface area contributed by atoms with Crippen LogP contribution in [-0.4, -0.2) is 29.9 Å². The molecular formula is C16H25N3O. The maximum atomic E-state index is 12.2. The smallest absolute Gasteiger partial charge is 0.238 e. The van der Waals surface area contributed by atoms with E-state index in [1.165, 1.54) is 12.8 Å². The van der Waals surface area contributed by atoms with E-state index in [0.29, 0.717) is 18.3 Å². The number of rotatable bonds is 3. The molecule has 0 aliphatic carbocycles. The zero-order chi connectivity index (χ0) is 14.7. The first-order valence-electron chi connectivity index (χ1n) is 7.36. The molecule has 0 saturated carbocycles. The lowest BCUT2D eigenvalue weighted by molar-refractivity contribution is -0.118. The minimum Gasteiger partial charge on any atom is -0.398 e. The molecule has 1 aromatic carbocycles. The number of carbonyl (C=O) groups excluding carboxylic acids is 1. The number of benzene rings is 1. The van der Waals surface area contributed by atoms with E-state index in [9.17, 15) is 4.79 Å². The van der Waals surface area contributed by atoms with Gasteiger partial charge in [-0.15, -0.1) is 0 Å². The topological polar surface area (TPSA) is 58.4 Å². The number of amides is 1. The molecule has 0 aromatic heterocycles. The summed E-state index contributed by atoms with van der Waals surface area (Å²) >= 11 is 0. The van der Waals surface area contributed by atoms with Crippen LogP contribution < -0.4 is 11.1 Å². The van der Waals surface area contributed by atoms with E-state index in [4.69, 9.17) is 5.73 Å². The fraction of sp³-hybridized carbons (Fsp3) is 0.562. The molecule has 2 rings (SSSR count). The number of nitrogens with one attached hydrogen (secondary N) is 1. The predicted molar refractivity (Wildman–Crippen MR) is 83.7 cm³/mol. The van der Waals surface area contributed by atoms with E-state index in [0.717, 1.165) is 23.7 Å². The summed E-state index contributed by atoms with van der Waals surface area (Å²) in [6.45, 7) is 7.88. The largest absolute Gasteiger partial charge is 0.398 e. The molecule has 1 fully saturated rings. The van der Waals surface area contributed by atoms with Crippen LogP contribution >= 0.6 is 0 Å². The minimum absolute atomic E-state index is 0.0418. The van der Waals surface area contributed by atoms with Gasteiger partial charge in [0.2, 0.25) is 5.91 Å². The SMILES string of the molecule is Cc1c(N)cccc1NC(=O)CN1CCC(C)CC1C. The molecule has 2 unspecified atom stereocenters. The summed E-state index contributed by atoms with van der Waals surface area (Å²) in [6, 6.07) is 6.08. The zero-order valence-electron chi connectivity index (χ0n) is 12.6. The Balaban J connectivity index is 1.94. The molecule has 1 amide bonds. The number of carbonyl (C=O) groups is 1. The molecule has 0 bridgehead atoms. The monoisotopic (exact) mass is 275 g/mol. The number of hydrogen-bond donors (Lipinski definition) is 2. The van der Waals surface area contributed by atoms with Crippen LogP contribution in [-0.2, 0) is 4.79 Å². The minimum atomic E-state index is 0.0418. The van der Waals surface area contributed by atoms with Gasteiger partial charge in [0, 0.05) is 17.4 Å². The molecule has 4 nitrogen and oxygen atoms in total. The summed E-state index contributed by atoms with van der Waals surface area (Å²) < 4.78 is 0. The van der Waals surface area contributed by atoms with Crippen molar-refractivity contribution in [2.45, 2.75) is 39.7 Å². The van der Waals surface area contributed by atoms with Crippen LogP contribution in [0.25, 0.3) is 0 Å². The van der Waals surface area contributed by atoms with E-state index < -0.39 is 0 Å². The first kappa shape index (κ1) is 14.9. The molecule has 0 radical (unpaired) electrons. The van der Waals surface area contributed by atoms with Gasteiger partial charge in [-0.2, -0.15) is 0 Å². The normalized spacial score (nSPS) is 23.6. The van der Waals surface area contributed by atoms with Gasteiger partial charge < -0.3 is 11.1 Å². The molecule has 1 aromatic rings. The number of nitrogens with zero attached hydrogens (tertiary/aromatic N) is 1. The molecule has 2 atom stereocenters. The summed E-state index contributed by atoms with van der Waals surface area (Å²) in [5.41, 5.74) is 8.31. The highest BCUT2D eigenvalue weighted by atomic mass is 16.2. The van der Waals surface area contributed by atoms with Gasteiger partial charge in [0.15, 0.2) is 0 Å². The van der Waals surface area contributed by atoms with E-state index in [1.54, 1.807) is 0 Å². The van der Waals surface area contributed by atoms with Crippen LogP contribution in [0.15, 0.2) is 18.2 Å². The number of anilines is 2. The van der Waals surface area contributed by atoms with Crippen molar-refractivity contribution in [3.63, 3.8) is 0 Å². The fourth-order valence-corrected chi connectivity index (χ4v) is 2.85. The zero-order valence-corrected chi connectivity index (χ0v) is 12.6. The Morgan fingerprint density at radius 1 is 1.45 bits per heavy atom. The van der Waals surface area contributed by atoms with E-state index >= 15 is 0 Å². The summed E-state index contributed by atoms with van der Waals surface area (Å²) in [7, 11) is 0. The van der Waals surface area contributed by atoms with Crippen LogP contribution in [0.1, 0.15) is 32.3 Å². The molecule has 0 spiro atoms. The molecular weight excluding hydrogens is 250 g/mol. The molecule has 1 aliphatic heterocycles. The third-order valence-electron chi connectivity index (χ3n) is 4.27. The maximum Gasteiger partial charge on any atom is 0.238 e. The predicted octanol–water partition coefficient (Wildman–Crippen LogP) is 2.64. The number of nitrogen functional groups attached to an aromatic ring is 1. The lowest BCUT2D eigenvalue weighted by Crippen LogP contribution is -2.44. The Bertz CT molecular complexity index is 487. The van der Waals surface area contributed by atoms with Crippen molar-refractivity contribution >= 4 is 17.3 Å². The Hall–Kier alpha value is -1.55. The maximum absolute atomic E-state index is 12.2. The molecule has 1 aliphatic rings. The summed E-state index contributed by atoms with van der Waals surface area (Å²) in [4.78, 5) is 14.4. The van der Waals surface area contributed by atoms with Crippen LogP contribution in [0.2, 0.25) is 0 Å². The van der Waals surface area contributed by atoms with E-state index in [1.807, 2.05) is 25.1 Å². The molecule has 1 heterocycles. The molecule has 4 heteroatoms. The van der Waals surface area contributed by atoms with Gasteiger partial charge in [-0.05, 0) is 56.8 Å². The van der Waals surface area contributed by atoms with Gasteiger partial charge >= 0.3 is 0 Å². The number of hydrogen-bond acceptors (Lipinski definition) is 3. The van der Waals surface area contributed by atoms with Crippen LogP contribution in [0.4, 0.5) is 11.4 Å². The average molecular weight is 275 g/mol. The molecule has 20 heavy (non-hydrogen) atoms. The van der Waals surface area contributed by atoms with Crippen molar-refractivity contribution in [2.24, 2.45) is 5.92 Å².